The molecule has 0 saturated carbocycles. The van der Waals surface area contributed by atoms with Crippen LogP contribution in [-0.4, -0.2) is 38.7 Å². The van der Waals surface area contributed by atoms with Crippen molar-refractivity contribution in [1.29, 1.82) is 0 Å². The Morgan fingerprint density at radius 2 is 0.630 bits per heavy atom. The van der Waals surface area contributed by atoms with Crippen LogP contribution in [0.3, 0.4) is 0 Å². The van der Waals surface area contributed by atoms with Crippen molar-refractivity contribution in [3.63, 3.8) is 0 Å². The summed E-state index contributed by atoms with van der Waals surface area (Å²) in [5, 5.41) is 26.0. The third kappa shape index (κ3) is 6.35. The van der Waals surface area contributed by atoms with Crippen LogP contribution in [0, 0.1) is 0 Å². The summed E-state index contributed by atoms with van der Waals surface area (Å²) in [6.07, 6.45) is 0. The van der Waals surface area contributed by atoms with E-state index in [1.165, 1.54) is 10.8 Å². The molecule has 15 rings (SSSR count). The van der Waals surface area contributed by atoms with E-state index in [0.29, 0.717) is 0 Å². The molecular formula is C64H40N8O. The number of rotatable bonds is 8. The molecule has 0 aliphatic heterocycles. The third-order valence-electron chi connectivity index (χ3n) is 14.2. The fourth-order valence-electron chi connectivity index (χ4n) is 11.0. The van der Waals surface area contributed by atoms with E-state index in [-0.39, 0.29) is 0 Å². The summed E-state index contributed by atoms with van der Waals surface area (Å²) >= 11 is 0. The summed E-state index contributed by atoms with van der Waals surface area (Å²) in [4.78, 5) is 0. The number of fused-ring (bicyclic) bond motifs is 9. The van der Waals surface area contributed by atoms with Crippen LogP contribution >= 0.6 is 0 Å². The quantitative estimate of drug-likeness (QED) is 0.152. The van der Waals surface area contributed by atoms with Gasteiger partial charge in [-0.25, -0.2) is 0 Å². The minimum atomic E-state index is 0.755. The first-order valence-electron chi connectivity index (χ1n) is 24.4. The van der Waals surface area contributed by atoms with Gasteiger partial charge in [0.05, 0.1) is 39.1 Å². The minimum absolute atomic E-state index is 0.755. The molecule has 0 aliphatic rings. The largest absolute Gasteiger partial charge is 0.454 e. The molecule has 0 bridgehead atoms. The second kappa shape index (κ2) is 16.2. The smallest absolute Gasteiger partial charge is 0.168 e. The zero-order chi connectivity index (χ0) is 48.0. The molecule has 0 aliphatic carbocycles. The molecule has 0 N–H and O–H groups in total. The zero-order valence-corrected chi connectivity index (χ0v) is 39.1. The molecule has 0 fully saturated rings. The van der Waals surface area contributed by atoms with Crippen molar-refractivity contribution in [2.75, 3.05) is 0 Å². The van der Waals surface area contributed by atoms with Gasteiger partial charge in [-0.2, -0.15) is 0 Å². The molecule has 0 unspecified atom stereocenters. The highest BCUT2D eigenvalue weighted by molar-refractivity contribution is 6.14. The van der Waals surface area contributed by atoms with Crippen molar-refractivity contribution in [1.82, 2.24) is 38.7 Å². The predicted octanol–water partition coefficient (Wildman–Crippen LogP) is 15.6. The van der Waals surface area contributed by atoms with E-state index in [1.54, 1.807) is 0 Å². The van der Waals surface area contributed by atoms with Crippen molar-refractivity contribution in [2.45, 2.75) is 0 Å². The predicted molar refractivity (Wildman–Crippen MR) is 294 cm³/mol. The lowest BCUT2D eigenvalue weighted by Crippen LogP contribution is -2.01. The van der Waals surface area contributed by atoms with Crippen LogP contribution in [0.4, 0.5) is 0 Å². The van der Waals surface area contributed by atoms with Gasteiger partial charge in [0.15, 0.2) is 28.9 Å². The summed E-state index contributed by atoms with van der Waals surface area (Å²) < 4.78 is 16.0. The van der Waals surface area contributed by atoms with Crippen LogP contribution in [0.5, 0.6) is 0 Å². The Labute approximate surface area is 417 Å². The molecule has 0 radical (unpaired) electrons. The van der Waals surface area contributed by atoms with Crippen molar-refractivity contribution in [2.24, 2.45) is 0 Å². The molecule has 5 aromatic heterocycles. The number of hydrogen-bond acceptors (Lipinski definition) is 5. The average Bonchev–Trinajstić information content (AvgIpc) is 4.31. The first-order chi connectivity index (χ1) is 36.2. The molecule has 342 valence electrons. The van der Waals surface area contributed by atoms with Crippen LogP contribution in [0.1, 0.15) is 0 Å². The highest BCUT2D eigenvalue weighted by atomic mass is 16.3. The average molecular weight is 937 g/mol. The molecule has 10 aromatic carbocycles. The first-order valence-corrected chi connectivity index (χ1v) is 24.4. The van der Waals surface area contributed by atoms with Crippen LogP contribution in [-0.2, 0) is 0 Å². The highest BCUT2D eigenvalue weighted by Crippen LogP contribution is 2.42. The van der Waals surface area contributed by atoms with E-state index >= 15 is 0 Å². The van der Waals surface area contributed by atoms with E-state index in [0.717, 1.165) is 123 Å². The molecular weight excluding hydrogens is 897 g/mol. The number of furan rings is 1. The Morgan fingerprint density at radius 1 is 0.260 bits per heavy atom. The summed E-state index contributed by atoms with van der Waals surface area (Å²) in [7, 11) is 0. The van der Waals surface area contributed by atoms with E-state index in [9.17, 15) is 0 Å². The van der Waals surface area contributed by atoms with Crippen molar-refractivity contribution >= 4 is 65.6 Å². The maximum absolute atomic E-state index is 6.90. The molecule has 0 saturated heterocycles. The second-order valence-electron chi connectivity index (χ2n) is 18.4. The second-order valence-corrected chi connectivity index (χ2v) is 18.4. The number of hydrogen-bond donors (Lipinski definition) is 0. The standard InChI is InChI=1S/C64H40N8O/c1-5-18-41(19-6-1)61-65-66-62(42-20-7-2-8-21-42)70(61)46-32-35-56-51(38-46)52-39-47(71-63(43-22-9-3-10-23-43)67-68-64(71)44-24-11-4-12-25-44)33-36-57(52)69(56)45-34-37-59-53(40-45)50-28-17-31-58(60(50)73-59)72-54-29-15-13-26-48(54)49-27-14-16-30-55(49)72/h1-40H. The fourth-order valence-corrected chi connectivity index (χ4v) is 11.0. The fraction of sp³-hybridized carbons (Fsp3) is 0. The summed E-state index contributed by atoms with van der Waals surface area (Å²) in [5.74, 6) is 3.02. The van der Waals surface area contributed by atoms with Gasteiger partial charge in [-0.15, -0.1) is 20.4 Å². The summed E-state index contributed by atoms with van der Waals surface area (Å²) in [5.41, 5.74) is 13.8. The van der Waals surface area contributed by atoms with E-state index in [2.05, 4.69) is 188 Å². The van der Waals surface area contributed by atoms with Gasteiger partial charge in [-0.3, -0.25) is 9.13 Å². The van der Waals surface area contributed by atoms with Crippen LogP contribution in [0.2, 0.25) is 0 Å². The maximum Gasteiger partial charge on any atom is 0.168 e. The molecule has 0 spiro atoms. The number of para-hydroxylation sites is 3. The Balaban J connectivity index is 0.980. The van der Waals surface area contributed by atoms with Crippen LogP contribution < -0.4 is 0 Å². The van der Waals surface area contributed by atoms with Gasteiger partial charge >= 0.3 is 0 Å². The summed E-state index contributed by atoms with van der Waals surface area (Å²) in [6, 6.07) is 84.8. The molecule has 9 nitrogen and oxygen atoms in total. The van der Waals surface area contributed by atoms with Gasteiger partial charge in [0.2, 0.25) is 0 Å². The van der Waals surface area contributed by atoms with E-state index < -0.39 is 0 Å². The lowest BCUT2D eigenvalue weighted by Gasteiger charge is -2.12. The normalized spacial score (nSPS) is 11.8. The lowest BCUT2D eigenvalue weighted by atomic mass is 10.1. The van der Waals surface area contributed by atoms with Crippen molar-refractivity contribution in [3.8, 4) is 68.3 Å². The number of aromatic nitrogens is 8. The molecule has 5 heterocycles. The van der Waals surface area contributed by atoms with Crippen LogP contribution in [0.25, 0.3) is 134 Å². The summed E-state index contributed by atoms with van der Waals surface area (Å²) in [6.45, 7) is 0. The first kappa shape index (κ1) is 40.7. The molecule has 73 heavy (non-hydrogen) atoms. The Bertz CT molecular complexity index is 4260. The molecule has 0 atom stereocenters. The Morgan fingerprint density at radius 3 is 1.10 bits per heavy atom. The number of nitrogens with zero attached hydrogens (tertiary/aromatic N) is 8. The zero-order valence-electron chi connectivity index (χ0n) is 39.1. The topological polar surface area (TPSA) is 84.4 Å². The minimum Gasteiger partial charge on any atom is -0.454 e. The molecule has 0 amide bonds. The van der Waals surface area contributed by atoms with Gasteiger partial charge in [0.25, 0.3) is 0 Å². The number of benzene rings is 10. The van der Waals surface area contributed by atoms with E-state index in [1.807, 2.05) is 72.8 Å². The third-order valence-corrected chi connectivity index (χ3v) is 14.2. The Hall–Kier alpha value is -10.1. The Kier molecular flexibility index (Phi) is 9.06. The van der Waals surface area contributed by atoms with E-state index in [4.69, 9.17) is 24.8 Å². The van der Waals surface area contributed by atoms with Crippen molar-refractivity contribution in [3.05, 3.63) is 243 Å². The molecule has 9 heteroatoms. The lowest BCUT2D eigenvalue weighted by molar-refractivity contribution is 0.666. The molecule has 15 aromatic rings. The SMILES string of the molecule is c1ccc(-c2nnc(-c3ccccc3)n2-c2ccc3c(c2)c2cc(-n4c(-c5ccccc5)nnc4-c4ccccc4)ccc2n3-c2ccc3oc4c(-n5c6ccccc6c6ccccc65)cccc4c3c2)cc1. The monoisotopic (exact) mass is 936 g/mol. The van der Waals surface area contributed by atoms with Crippen molar-refractivity contribution < 1.29 is 4.42 Å². The van der Waals surface area contributed by atoms with Gasteiger partial charge in [0, 0.05) is 60.3 Å². The van der Waals surface area contributed by atoms with Gasteiger partial charge in [-0.1, -0.05) is 170 Å². The van der Waals surface area contributed by atoms with Gasteiger partial charge < -0.3 is 13.6 Å². The maximum atomic E-state index is 6.90. The van der Waals surface area contributed by atoms with Crippen LogP contribution in [0.15, 0.2) is 247 Å². The van der Waals surface area contributed by atoms with Gasteiger partial charge in [-0.05, 0) is 72.8 Å². The van der Waals surface area contributed by atoms with Gasteiger partial charge in [0.1, 0.15) is 5.58 Å². The highest BCUT2D eigenvalue weighted by Gasteiger charge is 2.24.